The Labute approximate surface area is 119 Å². The highest BCUT2D eigenvalue weighted by molar-refractivity contribution is 7.89. The molecule has 7 nitrogen and oxygen atoms in total. The first-order valence-corrected chi connectivity index (χ1v) is 8.23. The van der Waals surface area contributed by atoms with Crippen molar-refractivity contribution in [1.29, 1.82) is 0 Å². The monoisotopic (exact) mass is 302 g/mol. The summed E-state index contributed by atoms with van der Waals surface area (Å²) in [4.78, 5) is 0.0124. The van der Waals surface area contributed by atoms with Crippen LogP contribution in [-0.4, -0.2) is 35.5 Å². The first-order chi connectivity index (χ1) is 9.31. The third-order valence-electron chi connectivity index (χ3n) is 4.04. The van der Waals surface area contributed by atoms with E-state index in [1.165, 1.54) is 4.68 Å². The van der Waals surface area contributed by atoms with Crippen molar-refractivity contribution in [2.24, 2.45) is 7.05 Å². The molecule has 0 saturated heterocycles. The van der Waals surface area contributed by atoms with Crippen molar-refractivity contribution in [1.82, 2.24) is 14.5 Å². The highest BCUT2D eigenvalue weighted by Crippen LogP contribution is 2.31. The van der Waals surface area contributed by atoms with Gasteiger partial charge in [-0.1, -0.05) is 19.3 Å². The number of aromatic nitrogens is 2. The van der Waals surface area contributed by atoms with Crippen LogP contribution in [0.1, 0.15) is 37.8 Å². The molecule has 0 aromatic carbocycles. The third-order valence-corrected chi connectivity index (χ3v) is 5.78. The molecular weight excluding hydrogens is 280 g/mol. The van der Waals surface area contributed by atoms with Crippen LogP contribution in [0.3, 0.4) is 0 Å². The lowest BCUT2D eigenvalue weighted by Gasteiger charge is -2.35. The number of nitrogen functional groups attached to an aromatic ring is 1. The molecule has 0 bridgehead atoms. The maximum absolute atomic E-state index is 12.6. The summed E-state index contributed by atoms with van der Waals surface area (Å²) < 4.78 is 29.2. The lowest BCUT2D eigenvalue weighted by molar-refractivity contribution is 0.142. The number of nitrogens with zero attached hydrogens (tertiary/aromatic N) is 2. The molecule has 0 amide bonds. The van der Waals surface area contributed by atoms with E-state index in [0.717, 1.165) is 19.3 Å². The summed E-state index contributed by atoms with van der Waals surface area (Å²) in [7, 11) is -2.14. The Morgan fingerprint density at radius 1 is 1.40 bits per heavy atom. The molecule has 2 rings (SSSR count). The molecule has 1 aromatic rings. The van der Waals surface area contributed by atoms with E-state index in [2.05, 4.69) is 9.82 Å². The van der Waals surface area contributed by atoms with Gasteiger partial charge < -0.3 is 10.8 Å². The minimum atomic E-state index is -3.79. The van der Waals surface area contributed by atoms with E-state index >= 15 is 0 Å². The summed E-state index contributed by atoms with van der Waals surface area (Å²) >= 11 is 0. The van der Waals surface area contributed by atoms with Gasteiger partial charge in [0.1, 0.15) is 4.90 Å². The standard InChI is InChI=1S/C12H22N4O3S/c1-9-10(11(13)14-16(9)2)20(18,19)15-12(8-17)6-4-3-5-7-12/h15,17H,3-8H2,1-2H3,(H2,13,14). The Morgan fingerprint density at radius 3 is 2.45 bits per heavy atom. The molecule has 1 aliphatic rings. The summed E-state index contributed by atoms with van der Waals surface area (Å²) in [5, 5.41) is 13.5. The van der Waals surface area contributed by atoms with Crippen LogP contribution >= 0.6 is 0 Å². The lowest BCUT2D eigenvalue weighted by Crippen LogP contribution is -2.52. The van der Waals surface area contributed by atoms with Gasteiger partial charge in [-0.2, -0.15) is 5.10 Å². The highest BCUT2D eigenvalue weighted by atomic mass is 32.2. The molecule has 4 N–H and O–H groups in total. The number of rotatable bonds is 4. The first-order valence-electron chi connectivity index (χ1n) is 6.75. The van der Waals surface area contributed by atoms with Gasteiger partial charge in [0.05, 0.1) is 17.8 Å². The molecule has 1 heterocycles. The Hall–Kier alpha value is -1.12. The van der Waals surface area contributed by atoms with E-state index in [1.54, 1.807) is 14.0 Å². The van der Waals surface area contributed by atoms with Crippen LogP contribution in [0.15, 0.2) is 4.90 Å². The molecule has 114 valence electrons. The molecule has 1 fully saturated rings. The van der Waals surface area contributed by atoms with Crippen molar-refractivity contribution in [2.45, 2.75) is 49.5 Å². The topological polar surface area (TPSA) is 110 Å². The van der Waals surface area contributed by atoms with Crippen LogP contribution < -0.4 is 10.5 Å². The maximum atomic E-state index is 12.6. The van der Waals surface area contributed by atoms with Crippen molar-refractivity contribution in [2.75, 3.05) is 12.3 Å². The van der Waals surface area contributed by atoms with Crippen LogP contribution in [-0.2, 0) is 17.1 Å². The van der Waals surface area contributed by atoms with Crippen LogP contribution in [0.5, 0.6) is 0 Å². The average molecular weight is 302 g/mol. The van der Waals surface area contributed by atoms with Crippen LogP contribution in [0.25, 0.3) is 0 Å². The van der Waals surface area contributed by atoms with Gasteiger partial charge in [-0.3, -0.25) is 4.68 Å². The van der Waals surface area contributed by atoms with Gasteiger partial charge in [-0.25, -0.2) is 13.1 Å². The molecule has 20 heavy (non-hydrogen) atoms. The Kier molecular flexibility index (Phi) is 4.08. The largest absolute Gasteiger partial charge is 0.394 e. The van der Waals surface area contributed by atoms with E-state index in [1.807, 2.05) is 0 Å². The van der Waals surface area contributed by atoms with Gasteiger partial charge in [0.15, 0.2) is 5.82 Å². The molecule has 0 unspecified atom stereocenters. The number of aryl methyl sites for hydroxylation is 1. The number of hydrogen-bond acceptors (Lipinski definition) is 5. The van der Waals surface area contributed by atoms with E-state index in [9.17, 15) is 13.5 Å². The van der Waals surface area contributed by atoms with Gasteiger partial charge >= 0.3 is 0 Å². The number of sulfonamides is 1. The zero-order valence-electron chi connectivity index (χ0n) is 11.9. The lowest BCUT2D eigenvalue weighted by atomic mass is 9.83. The fourth-order valence-electron chi connectivity index (χ4n) is 2.80. The number of hydrogen-bond donors (Lipinski definition) is 3. The van der Waals surface area contributed by atoms with Crippen molar-refractivity contribution < 1.29 is 13.5 Å². The van der Waals surface area contributed by atoms with Gasteiger partial charge in [0.2, 0.25) is 10.0 Å². The number of anilines is 1. The predicted octanol–water partition coefficient (Wildman–Crippen LogP) is 0.284. The highest BCUT2D eigenvalue weighted by Gasteiger charge is 2.38. The SMILES string of the molecule is Cc1c(S(=O)(=O)NC2(CO)CCCCC2)c(N)nn1C. The van der Waals surface area contributed by atoms with Crippen molar-refractivity contribution in [3.8, 4) is 0 Å². The van der Waals surface area contributed by atoms with Crippen LogP contribution in [0.2, 0.25) is 0 Å². The third kappa shape index (κ3) is 2.68. The minimum absolute atomic E-state index is 0.0124. The second-order valence-corrected chi connectivity index (χ2v) is 7.15. The fraction of sp³-hybridized carbons (Fsp3) is 0.750. The molecule has 0 atom stereocenters. The molecule has 0 aliphatic heterocycles. The van der Waals surface area contributed by atoms with Gasteiger partial charge in [-0.05, 0) is 19.8 Å². The summed E-state index contributed by atoms with van der Waals surface area (Å²) in [5.41, 5.74) is 5.42. The first kappa shape index (κ1) is 15.3. The zero-order valence-corrected chi connectivity index (χ0v) is 12.7. The molecule has 1 saturated carbocycles. The zero-order chi connectivity index (χ0) is 15.0. The van der Waals surface area contributed by atoms with E-state index < -0.39 is 15.6 Å². The van der Waals surface area contributed by atoms with Crippen LogP contribution in [0.4, 0.5) is 5.82 Å². The van der Waals surface area contributed by atoms with E-state index in [0.29, 0.717) is 18.5 Å². The molecule has 1 aromatic heterocycles. The van der Waals surface area contributed by atoms with E-state index in [4.69, 9.17) is 5.73 Å². The summed E-state index contributed by atoms with van der Waals surface area (Å²) in [6.07, 6.45) is 4.16. The van der Waals surface area contributed by atoms with Crippen molar-refractivity contribution in [3.63, 3.8) is 0 Å². The molecular formula is C12H22N4O3S. The summed E-state index contributed by atoms with van der Waals surface area (Å²) in [6.45, 7) is 1.45. The Balaban J connectivity index is 2.35. The molecule has 0 spiro atoms. The second kappa shape index (κ2) is 5.34. The second-order valence-electron chi connectivity index (χ2n) is 5.53. The number of nitrogens with one attached hydrogen (secondary N) is 1. The quantitative estimate of drug-likeness (QED) is 0.740. The average Bonchev–Trinajstić information content (AvgIpc) is 2.64. The number of nitrogens with two attached hydrogens (primary N) is 1. The molecule has 8 heteroatoms. The van der Waals surface area contributed by atoms with Crippen LogP contribution in [0, 0.1) is 6.92 Å². The summed E-state index contributed by atoms with van der Waals surface area (Å²) in [6, 6.07) is 0. The Morgan fingerprint density at radius 2 is 2.00 bits per heavy atom. The molecule has 0 radical (unpaired) electrons. The maximum Gasteiger partial charge on any atom is 0.246 e. The van der Waals surface area contributed by atoms with Crippen molar-refractivity contribution in [3.05, 3.63) is 5.69 Å². The number of aliphatic hydroxyl groups excluding tert-OH is 1. The van der Waals surface area contributed by atoms with Crippen molar-refractivity contribution >= 4 is 15.8 Å². The predicted molar refractivity (Wildman–Crippen MR) is 75.6 cm³/mol. The smallest absolute Gasteiger partial charge is 0.246 e. The number of aliphatic hydroxyl groups is 1. The molecule has 1 aliphatic carbocycles. The minimum Gasteiger partial charge on any atom is -0.394 e. The normalized spacial score (nSPS) is 19.1. The van der Waals surface area contributed by atoms with E-state index in [-0.39, 0.29) is 17.3 Å². The summed E-state index contributed by atoms with van der Waals surface area (Å²) in [5.74, 6) is -0.0126. The van der Waals surface area contributed by atoms with Gasteiger partial charge in [-0.15, -0.1) is 0 Å². The van der Waals surface area contributed by atoms with Gasteiger partial charge in [0.25, 0.3) is 0 Å². The van der Waals surface area contributed by atoms with Gasteiger partial charge in [0, 0.05) is 7.05 Å². The fourth-order valence-corrected chi connectivity index (χ4v) is 4.58. The Bertz CT molecular complexity index is 588.